The number of pyridine rings is 1. The summed E-state index contributed by atoms with van der Waals surface area (Å²) >= 11 is 9.40. The van der Waals surface area contributed by atoms with Crippen molar-refractivity contribution in [2.45, 2.75) is 0 Å². The van der Waals surface area contributed by atoms with E-state index in [2.05, 4.69) is 20.9 Å². The minimum atomic E-state index is 0.126. The second kappa shape index (κ2) is 4.94. The zero-order chi connectivity index (χ0) is 12.4. The predicted molar refractivity (Wildman–Crippen MR) is 70.6 cm³/mol. The van der Waals surface area contributed by atoms with Gasteiger partial charge in [-0.1, -0.05) is 27.5 Å². The Hall–Kier alpha value is -1.26. The lowest BCUT2D eigenvalue weighted by atomic mass is 10.1. The molecule has 0 saturated heterocycles. The summed E-state index contributed by atoms with van der Waals surface area (Å²) in [5.41, 5.74) is 1.16. The molecule has 2 aromatic rings. The van der Waals surface area contributed by atoms with Crippen molar-refractivity contribution in [1.29, 1.82) is 0 Å². The molecule has 3 nitrogen and oxygen atoms in total. The van der Waals surface area contributed by atoms with Crippen LogP contribution in [-0.4, -0.2) is 17.2 Å². The van der Waals surface area contributed by atoms with Gasteiger partial charge in [0.15, 0.2) is 0 Å². The van der Waals surface area contributed by atoms with Crippen molar-refractivity contribution in [1.82, 2.24) is 4.98 Å². The normalized spacial score (nSPS) is 10.3. The molecule has 0 amide bonds. The van der Waals surface area contributed by atoms with Crippen LogP contribution in [0.3, 0.4) is 0 Å². The second-order valence-electron chi connectivity index (χ2n) is 3.34. The van der Waals surface area contributed by atoms with Crippen LogP contribution in [0, 0.1) is 0 Å². The number of nitrogens with zero attached hydrogens (tertiary/aromatic N) is 1. The van der Waals surface area contributed by atoms with Crippen LogP contribution in [0.2, 0.25) is 5.15 Å². The first-order valence-corrected chi connectivity index (χ1v) is 5.98. The Labute approximate surface area is 112 Å². The zero-order valence-corrected chi connectivity index (χ0v) is 11.3. The fourth-order valence-electron chi connectivity index (χ4n) is 1.54. The third-order valence-electron chi connectivity index (χ3n) is 2.31. The number of hydrogen-bond donors (Lipinski definition) is 1. The first-order valence-electron chi connectivity index (χ1n) is 4.81. The predicted octanol–water partition coefficient (Wildman–Crippen LogP) is 3.88. The molecule has 17 heavy (non-hydrogen) atoms. The van der Waals surface area contributed by atoms with Crippen LogP contribution in [0.15, 0.2) is 34.9 Å². The van der Waals surface area contributed by atoms with Gasteiger partial charge in [0.2, 0.25) is 0 Å². The second-order valence-corrected chi connectivity index (χ2v) is 4.61. The zero-order valence-electron chi connectivity index (χ0n) is 8.95. The average molecular weight is 315 g/mol. The Kier molecular flexibility index (Phi) is 3.54. The van der Waals surface area contributed by atoms with E-state index in [9.17, 15) is 5.11 Å². The highest BCUT2D eigenvalue weighted by Gasteiger charge is 2.15. The molecule has 0 saturated carbocycles. The molecular formula is C12H9BrClNO2. The molecule has 1 aromatic carbocycles. The molecule has 0 bridgehead atoms. The van der Waals surface area contributed by atoms with E-state index in [1.165, 1.54) is 0 Å². The van der Waals surface area contributed by atoms with Crippen LogP contribution in [-0.2, 0) is 0 Å². The topological polar surface area (TPSA) is 42.4 Å². The summed E-state index contributed by atoms with van der Waals surface area (Å²) < 4.78 is 6.06. The summed E-state index contributed by atoms with van der Waals surface area (Å²) in [6.45, 7) is 0. The van der Waals surface area contributed by atoms with Crippen molar-refractivity contribution in [2.24, 2.45) is 0 Å². The van der Waals surface area contributed by atoms with Crippen LogP contribution in [0.5, 0.6) is 11.5 Å². The smallest absolute Gasteiger partial charge is 0.140 e. The maximum atomic E-state index is 9.87. The van der Waals surface area contributed by atoms with E-state index >= 15 is 0 Å². The third-order valence-corrected chi connectivity index (χ3v) is 3.09. The van der Waals surface area contributed by atoms with Crippen molar-refractivity contribution in [3.05, 3.63) is 40.1 Å². The standard InChI is InChI=1S/C12H9BrClNO2/c1-17-10-4-5-15-12(14)11(10)8-6-7(13)2-3-9(8)16/h2-6,16H,1H3. The summed E-state index contributed by atoms with van der Waals surface area (Å²) in [4.78, 5) is 3.99. The highest BCUT2D eigenvalue weighted by atomic mass is 79.9. The third kappa shape index (κ3) is 2.37. The molecule has 0 spiro atoms. The van der Waals surface area contributed by atoms with Crippen LogP contribution < -0.4 is 4.74 Å². The monoisotopic (exact) mass is 313 g/mol. The Balaban J connectivity index is 2.71. The van der Waals surface area contributed by atoms with Gasteiger partial charge in [-0.2, -0.15) is 0 Å². The van der Waals surface area contributed by atoms with E-state index in [1.54, 1.807) is 37.6 Å². The molecule has 0 unspecified atom stereocenters. The van der Waals surface area contributed by atoms with Crippen molar-refractivity contribution < 1.29 is 9.84 Å². The van der Waals surface area contributed by atoms with E-state index < -0.39 is 0 Å². The fraction of sp³-hybridized carbons (Fsp3) is 0.0833. The number of rotatable bonds is 2. The molecule has 5 heteroatoms. The number of benzene rings is 1. The number of phenols is 1. The maximum absolute atomic E-state index is 9.87. The number of ether oxygens (including phenoxy) is 1. The Morgan fingerprint density at radius 3 is 2.82 bits per heavy atom. The number of halogens is 2. The lowest BCUT2D eigenvalue weighted by Crippen LogP contribution is -1.91. The molecule has 1 aromatic heterocycles. The first-order chi connectivity index (χ1) is 8.13. The van der Waals surface area contributed by atoms with Gasteiger partial charge in [-0.05, 0) is 24.3 Å². The van der Waals surface area contributed by atoms with Crippen molar-refractivity contribution in [3.63, 3.8) is 0 Å². The Morgan fingerprint density at radius 1 is 1.35 bits per heavy atom. The van der Waals surface area contributed by atoms with Crippen LogP contribution in [0.25, 0.3) is 11.1 Å². The maximum Gasteiger partial charge on any atom is 0.140 e. The lowest BCUT2D eigenvalue weighted by Gasteiger charge is -2.11. The van der Waals surface area contributed by atoms with E-state index in [-0.39, 0.29) is 10.9 Å². The molecule has 1 N–H and O–H groups in total. The number of aromatic nitrogens is 1. The summed E-state index contributed by atoms with van der Waals surface area (Å²) in [5, 5.41) is 10.2. The molecule has 0 atom stereocenters. The molecule has 0 aliphatic rings. The molecule has 0 aliphatic carbocycles. The largest absolute Gasteiger partial charge is 0.507 e. The first kappa shape index (κ1) is 12.2. The van der Waals surface area contributed by atoms with Gasteiger partial charge in [-0.3, -0.25) is 0 Å². The molecule has 2 rings (SSSR count). The molecular weight excluding hydrogens is 305 g/mol. The van der Waals surface area contributed by atoms with E-state index in [4.69, 9.17) is 16.3 Å². The number of aromatic hydroxyl groups is 1. The lowest BCUT2D eigenvalue weighted by molar-refractivity contribution is 0.415. The number of phenolic OH excluding ortho intramolecular Hbond substituents is 1. The highest BCUT2D eigenvalue weighted by molar-refractivity contribution is 9.10. The van der Waals surface area contributed by atoms with E-state index in [1.807, 2.05) is 0 Å². The van der Waals surface area contributed by atoms with Crippen molar-refractivity contribution in [3.8, 4) is 22.6 Å². The molecule has 1 heterocycles. The van der Waals surface area contributed by atoms with Gasteiger partial charge in [0.25, 0.3) is 0 Å². The van der Waals surface area contributed by atoms with Gasteiger partial charge < -0.3 is 9.84 Å². The highest BCUT2D eigenvalue weighted by Crippen LogP contribution is 2.40. The van der Waals surface area contributed by atoms with Gasteiger partial charge in [0, 0.05) is 16.2 Å². The van der Waals surface area contributed by atoms with E-state index in [0.29, 0.717) is 16.9 Å². The summed E-state index contributed by atoms with van der Waals surface area (Å²) in [7, 11) is 1.55. The average Bonchev–Trinajstić information content (AvgIpc) is 2.32. The Bertz CT molecular complexity index is 560. The Morgan fingerprint density at radius 2 is 2.12 bits per heavy atom. The number of methoxy groups -OCH3 is 1. The summed E-state index contributed by atoms with van der Waals surface area (Å²) in [5.74, 6) is 0.694. The van der Waals surface area contributed by atoms with Crippen LogP contribution in [0.1, 0.15) is 0 Å². The fourth-order valence-corrected chi connectivity index (χ4v) is 2.15. The van der Waals surface area contributed by atoms with Gasteiger partial charge in [0.1, 0.15) is 16.7 Å². The molecule has 0 aliphatic heterocycles. The minimum Gasteiger partial charge on any atom is -0.507 e. The van der Waals surface area contributed by atoms with Crippen molar-refractivity contribution in [2.75, 3.05) is 7.11 Å². The van der Waals surface area contributed by atoms with Gasteiger partial charge in [0.05, 0.1) is 12.7 Å². The molecule has 88 valence electrons. The van der Waals surface area contributed by atoms with Gasteiger partial charge in [-0.25, -0.2) is 4.98 Å². The molecule has 0 fully saturated rings. The quantitative estimate of drug-likeness (QED) is 0.855. The van der Waals surface area contributed by atoms with Crippen LogP contribution >= 0.6 is 27.5 Å². The summed E-state index contributed by atoms with van der Waals surface area (Å²) in [6, 6.07) is 6.79. The van der Waals surface area contributed by atoms with Crippen LogP contribution in [0.4, 0.5) is 0 Å². The van der Waals surface area contributed by atoms with Crippen molar-refractivity contribution >= 4 is 27.5 Å². The summed E-state index contributed by atoms with van der Waals surface area (Å²) in [6.07, 6.45) is 1.56. The van der Waals surface area contributed by atoms with Gasteiger partial charge >= 0.3 is 0 Å². The van der Waals surface area contributed by atoms with Gasteiger partial charge in [-0.15, -0.1) is 0 Å². The SMILES string of the molecule is COc1ccnc(Cl)c1-c1cc(Br)ccc1O. The minimum absolute atomic E-state index is 0.126. The van der Waals surface area contributed by atoms with E-state index in [0.717, 1.165) is 4.47 Å². The number of hydrogen-bond acceptors (Lipinski definition) is 3. The molecule has 0 radical (unpaired) electrons.